The van der Waals surface area contributed by atoms with Crippen LogP contribution in [-0.2, 0) is 7.05 Å². The van der Waals surface area contributed by atoms with Gasteiger partial charge in [0, 0.05) is 40.5 Å². The normalized spacial score (nSPS) is 11.6. The van der Waals surface area contributed by atoms with E-state index in [2.05, 4.69) is 29.6 Å². The molecule has 0 aliphatic heterocycles. The molecular formula is C23H18N2O2. The van der Waals surface area contributed by atoms with E-state index in [0.717, 1.165) is 43.8 Å². The van der Waals surface area contributed by atoms with Gasteiger partial charge in [-0.15, -0.1) is 0 Å². The number of hydrogen-bond acceptors (Lipinski definition) is 3. The summed E-state index contributed by atoms with van der Waals surface area (Å²) in [6.45, 7) is 2.13. The van der Waals surface area contributed by atoms with Crippen LogP contribution in [0.5, 0.6) is 11.5 Å². The van der Waals surface area contributed by atoms with Crippen LogP contribution in [0.1, 0.15) is 5.56 Å². The van der Waals surface area contributed by atoms with Crippen molar-refractivity contribution in [2.75, 3.05) is 0 Å². The highest BCUT2D eigenvalue weighted by Crippen LogP contribution is 2.38. The predicted octanol–water partition coefficient (Wildman–Crippen LogP) is 5.27. The van der Waals surface area contributed by atoms with Crippen LogP contribution >= 0.6 is 0 Å². The number of rotatable bonds is 1. The van der Waals surface area contributed by atoms with E-state index in [9.17, 15) is 10.2 Å². The predicted molar refractivity (Wildman–Crippen MR) is 109 cm³/mol. The Labute approximate surface area is 155 Å². The number of nitrogens with zero attached hydrogens (tertiary/aromatic N) is 2. The molecule has 4 nitrogen and oxygen atoms in total. The van der Waals surface area contributed by atoms with E-state index in [0.29, 0.717) is 0 Å². The molecule has 0 aliphatic carbocycles. The van der Waals surface area contributed by atoms with Crippen LogP contribution in [0.25, 0.3) is 43.8 Å². The van der Waals surface area contributed by atoms with E-state index in [1.807, 2.05) is 36.5 Å². The smallest absolute Gasteiger partial charge is 0.116 e. The first-order valence-electron chi connectivity index (χ1n) is 8.83. The highest BCUT2D eigenvalue weighted by molar-refractivity contribution is 6.16. The van der Waals surface area contributed by atoms with Crippen molar-refractivity contribution in [1.29, 1.82) is 0 Å². The Morgan fingerprint density at radius 3 is 2.30 bits per heavy atom. The quantitative estimate of drug-likeness (QED) is 0.431. The van der Waals surface area contributed by atoms with Crippen molar-refractivity contribution in [3.63, 3.8) is 0 Å². The van der Waals surface area contributed by atoms with E-state index in [-0.39, 0.29) is 11.5 Å². The third-order valence-corrected chi connectivity index (χ3v) is 5.40. The van der Waals surface area contributed by atoms with Gasteiger partial charge in [-0.3, -0.25) is 4.98 Å². The number of aromatic hydroxyl groups is 2. The molecule has 0 fully saturated rings. The summed E-state index contributed by atoms with van der Waals surface area (Å²) in [5.74, 6) is 0.500. The second-order valence-corrected chi connectivity index (χ2v) is 6.96. The standard InChI is InChI=1S/C23H18N2O2/c1-13-17-9-10-24-22(14-3-5-15(26)6-4-14)19(17)12-20-18-11-16(27)7-8-21(18)25(2)23(13)20/h3-12,26-27H,1-2H3. The highest BCUT2D eigenvalue weighted by Gasteiger charge is 2.16. The van der Waals surface area contributed by atoms with Gasteiger partial charge in [-0.2, -0.15) is 0 Å². The second-order valence-electron chi connectivity index (χ2n) is 6.96. The van der Waals surface area contributed by atoms with Crippen molar-refractivity contribution in [3.05, 3.63) is 66.4 Å². The Hall–Kier alpha value is -3.53. The highest BCUT2D eigenvalue weighted by atomic mass is 16.3. The van der Waals surface area contributed by atoms with Crippen LogP contribution in [-0.4, -0.2) is 19.8 Å². The van der Waals surface area contributed by atoms with Crippen LogP contribution in [0.3, 0.4) is 0 Å². The first-order valence-corrected chi connectivity index (χ1v) is 8.83. The number of benzene rings is 3. The molecule has 0 aliphatic rings. The monoisotopic (exact) mass is 354 g/mol. The van der Waals surface area contributed by atoms with Gasteiger partial charge in [0.2, 0.25) is 0 Å². The lowest BCUT2D eigenvalue weighted by atomic mass is 9.97. The summed E-state index contributed by atoms with van der Waals surface area (Å²) in [7, 11) is 2.06. The zero-order valence-corrected chi connectivity index (χ0v) is 15.1. The molecule has 3 aromatic carbocycles. The molecule has 132 valence electrons. The zero-order valence-electron chi connectivity index (χ0n) is 15.1. The van der Waals surface area contributed by atoms with Crippen LogP contribution < -0.4 is 0 Å². The fourth-order valence-electron chi connectivity index (χ4n) is 4.13. The number of aromatic nitrogens is 2. The van der Waals surface area contributed by atoms with Crippen LogP contribution in [0.2, 0.25) is 0 Å². The number of phenolic OH excluding ortho intramolecular Hbond substituents is 2. The fourth-order valence-corrected chi connectivity index (χ4v) is 4.13. The van der Waals surface area contributed by atoms with Gasteiger partial charge in [-0.05, 0) is 72.5 Å². The molecule has 0 radical (unpaired) electrons. The maximum atomic E-state index is 9.99. The fraction of sp³-hybridized carbons (Fsp3) is 0.0870. The summed E-state index contributed by atoms with van der Waals surface area (Å²) in [6, 6.07) is 16.8. The molecular weight excluding hydrogens is 336 g/mol. The van der Waals surface area contributed by atoms with Gasteiger partial charge in [0.15, 0.2) is 0 Å². The van der Waals surface area contributed by atoms with Crippen molar-refractivity contribution < 1.29 is 10.2 Å². The van der Waals surface area contributed by atoms with E-state index in [1.165, 1.54) is 5.56 Å². The molecule has 27 heavy (non-hydrogen) atoms. The molecule has 5 aromatic rings. The van der Waals surface area contributed by atoms with Gasteiger partial charge in [-0.25, -0.2) is 0 Å². The first kappa shape index (κ1) is 15.7. The van der Waals surface area contributed by atoms with Gasteiger partial charge in [0.1, 0.15) is 11.5 Å². The number of phenols is 2. The topological polar surface area (TPSA) is 58.3 Å². The molecule has 0 spiro atoms. The van der Waals surface area contributed by atoms with E-state index in [4.69, 9.17) is 0 Å². The van der Waals surface area contributed by atoms with Crippen molar-refractivity contribution in [2.45, 2.75) is 6.92 Å². The molecule has 2 heterocycles. The molecule has 2 N–H and O–H groups in total. The summed E-state index contributed by atoms with van der Waals surface area (Å²) < 4.78 is 2.18. The maximum absolute atomic E-state index is 9.99. The molecule has 5 rings (SSSR count). The van der Waals surface area contributed by atoms with Crippen LogP contribution in [0.15, 0.2) is 60.8 Å². The van der Waals surface area contributed by atoms with Gasteiger partial charge < -0.3 is 14.8 Å². The Morgan fingerprint density at radius 2 is 1.52 bits per heavy atom. The van der Waals surface area contributed by atoms with Crippen LogP contribution in [0, 0.1) is 6.92 Å². The molecule has 0 unspecified atom stereocenters. The number of pyridine rings is 1. The summed E-state index contributed by atoms with van der Waals surface area (Å²) in [5.41, 5.74) is 5.27. The van der Waals surface area contributed by atoms with Crippen molar-refractivity contribution in [2.24, 2.45) is 7.05 Å². The minimum atomic E-state index is 0.238. The Balaban J connectivity index is 1.96. The molecule has 0 saturated carbocycles. The minimum Gasteiger partial charge on any atom is -0.508 e. The van der Waals surface area contributed by atoms with Gasteiger partial charge in [-0.1, -0.05) is 0 Å². The van der Waals surface area contributed by atoms with Crippen molar-refractivity contribution in [3.8, 4) is 22.8 Å². The second kappa shape index (κ2) is 5.48. The maximum Gasteiger partial charge on any atom is 0.116 e. The van der Waals surface area contributed by atoms with Crippen LogP contribution in [0.4, 0.5) is 0 Å². The Bertz CT molecular complexity index is 1350. The van der Waals surface area contributed by atoms with Gasteiger partial charge in [0.25, 0.3) is 0 Å². The largest absolute Gasteiger partial charge is 0.508 e. The lowest BCUT2D eigenvalue weighted by Gasteiger charge is -2.11. The first-order chi connectivity index (χ1) is 13.0. The third kappa shape index (κ3) is 2.20. The lowest BCUT2D eigenvalue weighted by molar-refractivity contribution is 0.475. The molecule has 0 saturated heterocycles. The minimum absolute atomic E-state index is 0.238. The molecule has 0 bridgehead atoms. The Morgan fingerprint density at radius 1 is 0.778 bits per heavy atom. The summed E-state index contributed by atoms with van der Waals surface area (Å²) >= 11 is 0. The summed E-state index contributed by atoms with van der Waals surface area (Å²) in [6.07, 6.45) is 1.83. The average Bonchev–Trinajstić information content (AvgIpc) is 2.94. The molecule has 0 atom stereocenters. The molecule has 2 aromatic heterocycles. The van der Waals surface area contributed by atoms with Gasteiger partial charge >= 0.3 is 0 Å². The Kier molecular flexibility index (Phi) is 3.19. The van der Waals surface area contributed by atoms with Gasteiger partial charge in [0.05, 0.1) is 11.2 Å². The van der Waals surface area contributed by atoms with Crippen molar-refractivity contribution >= 4 is 32.6 Å². The SMILES string of the molecule is Cc1c2ccnc(-c3ccc(O)cc3)c2cc2c3cc(O)ccc3n(C)c12. The van der Waals surface area contributed by atoms with E-state index >= 15 is 0 Å². The van der Waals surface area contributed by atoms with Crippen molar-refractivity contribution in [1.82, 2.24) is 9.55 Å². The lowest BCUT2D eigenvalue weighted by Crippen LogP contribution is -1.92. The summed E-state index contributed by atoms with van der Waals surface area (Å²) in [4.78, 5) is 4.62. The average molecular weight is 354 g/mol. The van der Waals surface area contributed by atoms with E-state index in [1.54, 1.807) is 18.2 Å². The number of aryl methyl sites for hydroxylation is 2. The number of fused-ring (bicyclic) bond motifs is 4. The molecule has 4 heteroatoms. The van der Waals surface area contributed by atoms with E-state index < -0.39 is 0 Å². The third-order valence-electron chi connectivity index (χ3n) is 5.40. The molecule has 0 amide bonds. The zero-order chi connectivity index (χ0) is 18.7. The summed E-state index contributed by atoms with van der Waals surface area (Å²) in [5, 5.41) is 23.9. The number of hydrogen-bond donors (Lipinski definition) is 2.